The first-order valence-corrected chi connectivity index (χ1v) is 10.00. The zero-order valence-electron chi connectivity index (χ0n) is 13.3. The molecule has 1 N–H and O–H groups in total. The van der Waals surface area contributed by atoms with Crippen LogP contribution in [0, 0.1) is 22.2 Å². The fourth-order valence-electron chi connectivity index (χ4n) is 7.15. The number of rotatable bonds is 3. The molecule has 21 heavy (non-hydrogen) atoms. The van der Waals surface area contributed by atoms with Gasteiger partial charge in [-0.3, -0.25) is 0 Å². The van der Waals surface area contributed by atoms with E-state index in [1.165, 1.54) is 48.6 Å². The molecule has 116 valence electrons. The van der Waals surface area contributed by atoms with Crippen molar-refractivity contribution in [3.8, 4) is 0 Å². The van der Waals surface area contributed by atoms with Crippen LogP contribution in [0.4, 0.5) is 0 Å². The Bertz CT molecular complexity index is 547. The van der Waals surface area contributed by atoms with Gasteiger partial charge in [0.1, 0.15) is 0 Å². The van der Waals surface area contributed by atoms with E-state index in [1.807, 2.05) is 11.3 Å². The summed E-state index contributed by atoms with van der Waals surface area (Å²) in [5.41, 5.74) is 3.15. The maximum atomic E-state index is 3.78. The predicted molar refractivity (Wildman–Crippen MR) is 93.7 cm³/mol. The molecule has 3 unspecified atom stereocenters. The standard InChI is InChI=1S/C18H26BrNS/c1-16-4-12-5-17(2,9-16)11-18(6-12,10-16)15(20-3)13-7-21-8-14(13)19/h7-8,12,15,20H,4-6,9-11H2,1-3H3. The van der Waals surface area contributed by atoms with Crippen LogP contribution in [0.15, 0.2) is 15.2 Å². The van der Waals surface area contributed by atoms with Gasteiger partial charge in [0.2, 0.25) is 0 Å². The number of hydrogen-bond acceptors (Lipinski definition) is 2. The maximum absolute atomic E-state index is 3.78. The largest absolute Gasteiger partial charge is 0.312 e. The Morgan fingerprint density at radius 1 is 1.14 bits per heavy atom. The lowest BCUT2D eigenvalue weighted by atomic mass is 9.39. The molecular weight excluding hydrogens is 342 g/mol. The Hall–Kier alpha value is 0.140. The van der Waals surface area contributed by atoms with E-state index in [-0.39, 0.29) is 0 Å². The summed E-state index contributed by atoms with van der Waals surface area (Å²) in [6.45, 7) is 5.14. The van der Waals surface area contributed by atoms with Crippen LogP contribution in [0.3, 0.4) is 0 Å². The third-order valence-electron chi connectivity index (χ3n) is 6.52. The summed E-state index contributed by atoms with van der Waals surface area (Å²) in [5.74, 6) is 0.963. The molecule has 0 spiro atoms. The molecule has 1 nitrogen and oxygen atoms in total. The lowest BCUT2D eigenvalue weighted by Crippen LogP contribution is -2.58. The first-order valence-electron chi connectivity index (χ1n) is 8.26. The average Bonchev–Trinajstić information content (AvgIpc) is 2.71. The van der Waals surface area contributed by atoms with Crippen molar-refractivity contribution in [2.75, 3.05) is 7.05 Å². The second-order valence-electron chi connectivity index (χ2n) is 8.89. The van der Waals surface area contributed by atoms with Crippen molar-refractivity contribution in [2.24, 2.45) is 22.2 Å². The molecule has 4 fully saturated rings. The van der Waals surface area contributed by atoms with E-state index in [1.54, 1.807) is 0 Å². The Kier molecular flexibility index (Phi) is 3.21. The molecule has 4 aliphatic carbocycles. The normalized spacial score (nSPS) is 46.0. The van der Waals surface area contributed by atoms with Gasteiger partial charge in [-0.05, 0) is 94.6 Å². The molecule has 0 aromatic carbocycles. The Morgan fingerprint density at radius 2 is 1.81 bits per heavy atom. The highest BCUT2D eigenvalue weighted by molar-refractivity contribution is 9.10. The minimum absolute atomic E-state index is 0.473. The van der Waals surface area contributed by atoms with E-state index in [0.717, 1.165) is 5.92 Å². The van der Waals surface area contributed by atoms with Gasteiger partial charge in [-0.2, -0.15) is 11.3 Å². The van der Waals surface area contributed by atoms with Crippen molar-refractivity contribution in [3.63, 3.8) is 0 Å². The summed E-state index contributed by atoms with van der Waals surface area (Å²) in [4.78, 5) is 0. The van der Waals surface area contributed by atoms with E-state index in [0.29, 0.717) is 22.3 Å². The molecule has 0 amide bonds. The number of nitrogens with one attached hydrogen (secondary N) is 1. The topological polar surface area (TPSA) is 12.0 Å². The Labute approximate surface area is 141 Å². The third kappa shape index (κ3) is 2.18. The molecule has 4 aliphatic rings. The second-order valence-corrected chi connectivity index (χ2v) is 10.5. The summed E-state index contributed by atoms with van der Waals surface area (Å²) < 4.78 is 1.30. The van der Waals surface area contributed by atoms with Crippen molar-refractivity contribution in [3.05, 3.63) is 20.8 Å². The van der Waals surface area contributed by atoms with E-state index in [4.69, 9.17) is 0 Å². The summed E-state index contributed by atoms with van der Waals surface area (Å²) in [5, 5.41) is 8.31. The van der Waals surface area contributed by atoms with Crippen LogP contribution in [0.2, 0.25) is 0 Å². The van der Waals surface area contributed by atoms with Gasteiger partial charge in [0, 0.05) is 15.9 Å². The zero-order chi connectivity index (χ0) is 14.9. The van der Waals surface area contributed by atoms with E-state index in [9.17, 15) is 0 Å². The molecule has 0 radical (unpaired) electrons. The monoisotopic (exact) mass is 367 g/mol. The van der Waals surface area contributed by atoms with Gasteiger partial charge in [0.05, 0.1) is 0 Å². The molecule has 1 aromatic heterocycles. The zero-order valence-corrected chi connectivity index (χ0v) is 15.7. The number of hydrogen-bond donors (Lipinski definition) is 1. The van der Waals surface area contributed by atoms with Crippen molar-refractivity contribution >= 4 is 27.3 Å². The van der Waals surface area contributed by atoms with Crippen molar-refractivity contribution in [2.45, 2.75) is 58.4 Å². The molecule has 1 heterocycles. The summed E-state index contributed by atoms with van der Waals surface area (Å²) >= 11 is 5.61. The SMILES string of the molecule is CNC(c1cscc1Br)C12CC3CC(C)(CC(C)(C3)C1)C2. The third-order valence-corrected chi connectivity index (χ3v) is 8.28. The van der Waals surface area contributed by atoms with Crippen LogP contribution in [0.25, 0.3) is 0 Å². The predicted octanol–water partition coefficient (Wildman–Crippen LogP) is 5.77. The molecule has 1 aromatic rings. The van der Waals surface area contributed by atoms with Crippen molar-refractivity contribution in [1.29, 1.82) is 0 Å². The van der Waals surface area contributed by atoms with Gasteiger partial charge in [-0.15, -0.1) is 0 Å². The van der Waals surface area contributed by atoms with Gasteiger partial charge in [-0.1, -0.05) is 13.8 Å². The summed E-state index contributed by atoms with van der Waals surface area (Å²) in [7, 11) is 2.16. The maximum Gasteiger partial charge on any atom is 0.0394 e. The van der Waals surface area contributed by atoms with Gasteiger partial charge in [0.25, 0.3) is 0 Å². The van der Waals surface area contributed by atoms with Crippen molar-refractivity contribution < 1.29 is 0 Å². The summed E-state index contributed by atoms with van der Waals surface area (Å²) in [6, 6.07) is 0.514. The van der Waals surface area contributed by atoms with Crippen LogP contribution in [0.1, 0.15) is 64.0 Å². The fourth-order valence-corrected chi connectivity index (χ4v) is 8.70. The highest BCUT2D eigenvalue weighted by Gasteiger charge is 2.62. The minimum atomic E-state index is 0.473. The van der Waals surface area contributed by atoms with Gasteiger partial charge in [0.15, 0.2) is 0 Å². The van der Waals surface area contributed by atoms with Gasteiger partial charge < -0.3 is 5.32 Å². The van der Waals surface area contributed by atoms with E-state index in [2.05, 4.69) is 52.9 Å². The fraction of sp³-hybridized carbons (Fsp3) is 0.778. The summed E-state index contributed by atoms with van der Waals surface area (Å²) in [6.07, 6.45) is 8.68. The van der Waals surface area contributed by atoms with Crippen LogP contribution in [0.5, 0.6) is 0 Å². The minimum Gasteiger partial charge on any atom is -0.312 e. The number of thiophene rings is 1. The molecule has 0 aliphatic heterocycles. The molecule has 4 bridgehead atoms. The Morgan fingerprint density at radius 3 is 2.29 bits per heavy atom. The number of halogens is 1. The second kappa shape index (κ2) is 4.58. The molecule has 5 rings (SSSR count). The van der Waals surface area contributed by atoms with Crippen LogP contribution >= 0.6 is 27.3 Å². The molecule has 0 saturated heterocycles. The van der Waals surface area contributed by atoms with Crippen LogP contribution < -0.4 is 5.32 Å². The molecule has 3 heteroatoms. The lowest BCUT2D eigenvalue weighted by Gasteiger charge is -2.67. The first-order chi connectivity index (χ1) is 9.87. The smallest absolute Gasteiger partial charge is 0.0394 e. The molecular formula is C18H26BrNS. The lowest BCUT2D eigenvalue weighted by molar-refractivity contribution is -0.158. The van der Waals surface area contributed by atoms with E-state index >= 15 is 0 Å². The average molecular weight is 368 g/mol. The van der Waals surface area contributed by atoms with Gasteiger partial charge in [-0.25, -0.2) is 0 Å². The van der Waals surface area contributed by atoms with Crippen molar-refractivity contribution in [1.82, 2.24) is 5.32 Å². The highest BCUT2D eigenvalue weighted by Crippen LogP contribution is 2.72. The van der Waals surface area contributed by atoms with Crippen LogP contribution in [-0.2, 0) is 0 Å². The molecule has 3 atom stereocenters. The molecule has 4 saturated carbocycles. The first kappa shape index (κ1) is 14.7. The quantitative estimate of drug-likeness (QED) is 0.714. The highest BCUT2D eigenvalue weighted by atomic mass is 79.9. The van der Waals surface area contributed by atoms with E-state index < -0.39 is 0 Å². The van der Waals surface area contributed by atoms with Crippen LogP contribution in [-0.4, -0.2) is 7.05 Å². The Balaban J connectivity index is 1.78. The van der Waals surface area contributed by atoms with Gasteiger partial charge >= 0.3 is 0 Å².